The van der Waals surface area contributed by atoms with E-state index >= 15 is 0 Å². The molecule has 1 heterocycles. The average molecular weight is 348 g/mol. The highest BCUT2D eigenvalue weighted by atomic mass is 79.9. The third-order valence-electron chi connectivity index (χ3n) is 4.08. The molecule has 21 heavy (non-hydrogen) atoms. The Balaban J connectivity index is 1.97. The lowest BCUT2D eigenvalue weighted by Gasteiger charge is -2.28. The second kappa shape index (κ2) is 6.52. The van der Waals surface area contributed by atoms with Crippen LogP contribution in [0.2, 0.25) is 0 Å². The number of para-hydroxylation sites is 1. The van der Waals surface area contributed by atoms with Crippen LogP contribution in [0.1, 0.15) is 36.0 Å². The van der Waals surface area contributed by atoms with Crippen molar-refractivity contribution in [1.82, 2.24) is 14.9 Å². The summed E-state index contributed by atoms with van der Waals surface area (Å²) in [6, 6.07) is 5.99. The van der Waals surface area contributed by atoms with E-state index in [0.29, 0.717) is 17.1 Å². The van der Waals surface area contributed by atoms with Gasteiger partial charge in [0.05, 0.1) is 11.1 Å². The molecule has 110 valence electrons. The first-order valence-electron chi connectivity index (χ1n) is 7.38. The van der Waals surface area contributed by atoms with Crippen LogP contribution in [-0.4, -0.2) is 38.7 Å². The Hall–Kier alpha value is -1.49. The Labute approximate surface area is 132 Å². The maximum Gasteiger partial charge on any atom is 0.256 e. The average Bonchev–Trinajstić information content (AvgIpc) is 3.05. The van der Waals surface area contributed by atoms with Crippen molar-refractivity contribution in [3.8, 4) is 0 Å². The standard InChI is InChI=1S/C16H18BrN3O/c17-8-11-20(12-4-1-2-5-12)16(21)13-6-3-7-14-15(13)19-10-9-18-14/h3,6-7,9-10,12H,1-2,4-5,8,11H2. The Kier molecular flexibility index (Phi) is 4.48. The first kappa shape index (κ1) is 14.4. The number of alkyl halides is 1. The van der Waals surface area contributed by atoms with Crippen LogP contribution in [0.4, 0.5) is 0 Å². The molecule has 0 aliphatic heterocycles. The van der Waals surface area contributed by atoms with Crippen molar-refractivity contribution < 1.29 is 4.79 Å². The lowest BCUT2D eigenvalue weighted by molar-refractivity contribution is 0.0698. The zero-order valence-corrected chi connectivity index (χ0v) is 13.4. The molecule has 2 aromatic rings. The maximum atomic E-state index is 13.0. The highest BCUT2D eigenvalue weighted by molar-refractivity contribution is 9.09. The maximum absolute atomic E-state index is 13.0. The first-order chi connectivity index (χ1) is 10.3. The fourth-order valence-corrected chi connectivity index (χ4v) is 3.46. The van der Waals surface area contributed by atoms with E-state index in [9.17, 15) is 4.79 Å². The van der Waals surface area contributed by atoms with E-state index in [-0.39, 0.29) is 5.91 Å². The third-order valence-corrected chi connectivity index (χ3v) is 4.44. The number of nitrogens with zero attached hydrogens (tertiary/aromatic N) is 3. The van der Waals surface area contributed by atoms with Gasteiger partial charge in [-0.3, -0.25) is 14.8 Å². The van der Waals surface area contributed by atoms with Crippen molar-refractivity contribution in [3.63, 3.8) is 0 Å². The molecule has 4 nitrogen and oxygen atoms in total. The summed E-state index contributed by atoms with van der Waals surface area (Å²) in [5.41, 5.74) is 2.13. The first-order valence-corrected chi connectivity index (χ1v) is 8.50. The summed E-state index contributed by atoms with van der Waals surface area (Å²) in [7, 11) is 0. The van der Waals surface area contributed by atoms with Crippen molar-refractivity contribution in [3.05, 3.63) is 36.2 Å². The second-order valence-electron chi connectivity index (χ2n) is 5.36. The van der Waals surface area contributed by atoms with Gasteiger partial charge >= 0.3 is 0 Å². The SMILES string of the molecule is O=C(c1cccc2nccnc12)N(CCBr)C1CCCC1. The summed E-state index contributed by atoms with van der Waals surface area (Å²) >= 11 is 3.47. The number of hydrogen-bond donors (Lipinski definition) is 0. The molecule has 0 atom stereocenters. The summed E-state index contributed by atoms with van der Waals surface area (Å²) in [4.78, 5) is 23.6. The number of halogens is 1. The van der Waals surface area contributed by atoms with Crippen LogP contribution in [0, 0.1) is 0 Å². The van der Waals surface area contributed by atoms with Gasteiger partial charge in [0, 0.05) is 30.3 Å². The molecule has 1 aromatic carbocycles. The second-order valence-corrected chi connectivity index (χ2v) is 6.15. The molecule has 1 saturated carbocycles. The zero-order chi connectivity index (χ0) is 14.7. The van der Waals surface area contributed by atoms with Gasteiger partial charge in [0.2, 0.25) is 0 Å². The van der Waals surface area contributed by atoms with E-state index in [1.807, 2.05) is 23.1 Å². The number of aromatic nitrogens is 2. The van der Waals surface area contributed by atoms with Gasteiger partial charge in [-0.15, -0.1) is 0 Å². The molecule has 0 bridgehead atoms. The van der Waals surface area contributed by atoms with Crippen LogP contribution in [0.5, 0.6) is 0 Å². The third kappa shape index (κ3) is 2.93. The van der Waals surface area contributed by atoms with Crippen LogP contribution in [-0.2, 0) is 0 Å². The Bertz CT molecular complexity index is 635. The summed E-state index contributed by atoms with van der Waals surface area (Å²) in [5.74, 6) is 0.0763. The highest BCUT2D eigenvalue weighted by Crippen LogP contribution is 2.26. The summed E-state index contributed by atoms with van der Waals surface area (Å²) in [6.07, 6.45) is 7.94. The van der Waals surface area contributed by atoms with Gasteiger partial charge in [-0.2, -0.15) is 0 Å². The molecule has 1 aliphatic carbocycles. The Morgan fingerprint density at radius 1 is 1.24 bits per heavy atom. The van der Waals surface area contributed by atoms with Crippen molar-refractivity contribution >= 4 is 32.9 Å². The molecule has 0 N–H and O–H groups in total. The molecule has 0 spiro atoms. The lowest BCUT2D eigenvalue weighted by atomic mass is 10.1. The Morgan fingerprint density at radius 2 is 2.00 bits per heavy atom. The zero-order valence-electron chi connectivity index (χ0n) is 11.8. The van der Waals surface area contributed by atoms with Crippen molar-refractivity contribution in [2.24, 2.45) is 0 Å². The fourth-order valence-electron chi connectivity index (χ4n) is 3.08. The molecule has 0 unspecified atom stereocenters. The summed E-state index contributed by atoms with van der Waals surface area (Å²) in [6.45, 7) is 0.736. The minimum Gasteiger partial charge on any atom is -0.335 e. The predicted molar refractivity (Wildman–Crippen MR) is 86.6 cm³/mol. The molecule has 0 saturated heterocycles. The van der Waals surface area contributed by atoms with Crippen LogP contribution in [0.15, 0.2) is 30.6 Å². The largest absolute Gasteiger partial charge is 0.335 e. The molecular weight excluding hydrogens is 330 g/mol. The van der Waals surface area contributed by atoms with Crippen LogP contribution in [0.3, 0.4) is 0 Å². The van der Waals surface area contributed by atoms with Crippen molar-refractivity contribution in [2.45, 2.75) is 31.7 Å². The molecule has 0 radical (unpaired) electrons. The number of amides is 1. The molecule has 5 heteroatoms. The number of fused-ring (bicyclic) bond motifs is 1. The van der Waals surface area contributed by atoms with E-state index in [1.165, 1.54) is 12.8 Å². The number of benzene rings is 1. The van der Waals surface area contributed by atoms with Gasteiger partial charge in [-0.1, -0.05) is 34.8 Å². The molecule has 1 aromatic heterocycles. The molecule has 1 aliphatic rings. The van der Waals surface area contributed by atoms with Crippen molar-refractivity contribution in [2.75, 3.05) is 11.9 Å². The topological polar surface area (TPSA) is 46.1 Å². The normalized spacial score (nSPS) is 15.5. The van der Waals surface area contributed by atoms with Gasteiger partial charge < -0.3 is 4.90 Å². The molecular formula is C16H18BrN3O. The van der Waals surface area contributed by atoms with Crippen LogP contribution >= 0.6 is 15.9 Å². The van der Waals surface area contributed by atoms with E-state index in [1.54, 1.807) is 12.4 Å². The molecule has 1 fully saturated rings. The Morgan fingerprint density at radius 3 is 2.76 bits per heavy atom. The smallest absolute Gasteiger partial charge is 0.256 e. The predicted octanol–water partition coefficient (Wildman–Crippen LogP) is 3.41. The molecule has 1 amide bonds. The summed E-state index contributed by atoms with van der Waals surface area (Å²) in [5, 5.41) is 0.797. The van der Waals surface area contributed by atoms with Gasteiger partial charge in [-0.05, 0) is 25.0 Å². The monoisotopic (exact) mass is 347 g/mol. The number of rotatable bonds is 4. The van der Waals surface area contributed by atoms with E-state index in [4.69, 9.17) is 0 Å². The van der Waals surface area contributed by atoms with Crippen LogP contribution in [0.25, 0.3) is 11.0 Å². The van der Waals surface area contributed by atoms with Crippen molar-refractivity contribution in [1.29, 1.82) is 0 Å². The highest BCUT2D eigenvalue weighted by Gasteiger charge is 2.28. The minimum absolute atomic E-state index is 0.0763. The van der Waals surface area contributed by atoms with Gasteiger partial charge in [0.25, 0.3) is 5.91 Å². The molecule has 3 rings (SSSR count). The number of carbonyl (C=O) groups is 1. The lowest BCUT2D eigenvalue weighted by Crippen LogP contribution is -2.40. The minimum atomic E-state index is 0.0763. The quantitative estimate of drug-likeness (QED) is 0.796. The number of carbonyl (C=O) groups excluding carboxylic acids is 1. The number of hydrogen-bond acceptors (Lipinski definition) is 3. The van der Waals surface area contributed by atoms with Gasteiger partial charge in [0.1, 0.15) is 5.52 Å². The van der Waals surface area contributed by atoms with Gasteiger partial charge in [-0.25, -0.2) is 0 Å². The summed E-state index contributed by atoms with van der Waals surface area (Å²) < 4.78 is 0. The fraction of sp³-hybridized carbons (Fsp3) is 0.438. The van der Waals surface area contributed by atoms with E-state index in [2.05, 4.69) is 25.9 Å². The van der Waals surface area contributed by atoms with Crippen LogP contribution < -0.4 is 0 Å². The van der Waals surface area contributed by atoms with E-state index < -0.39 is 0 Å². The van der Waals surface area contributed by atoms with E-state index in [0.717, 1.165) is 30.2 Å². The van der Waals surface area contributed by atoms with Gasteiger partial charge in [0.15, 0.2) is 0 Å².